The van der Waals surface area contributed by atoms with Gasteiger partial charge in [0, 0.05) is 24.2 Å². The van der Waals surface area contributed by atoms with Crippen LogP contribution >= 0.6 is 0 Å². The highest BCUT2D eigenvalue weighted by Crippen LogP contribution is 2.34. The normalized spacial score (nSPS) is 16.7. The van der Waals surface area contributed by atoms with Gasteiger partial charge in [-0.1, -0.05) is 85.5 Å². The first-order valence-electron chi connectivity index (χ1n) is 10.4. The number of alkyl halides is 3. The van der Waals surface area contributed by atoms with Gasteiger partial charge >= 0.3 is 6.18 Å². The van der Waals surface area contributed by atoms with Gasteiger partial charge in [-0.2, -0.15) is 13.2 Å². The third-order valence-corrected chi connectivity index (χ3v) is 5.23. The van der Waals surface area contributed by atoms with E-state index in [2.05, 4.69) is 6.58 Å². The predicted octanol–water partition coefficient (Wildman–Crippen LogP) is 6.39. The number of Topliss-reactive ketones (excluding diaryl/α,β-unsaturated/α-hetero) is 1. The summed E-state index contributed by atoms with van der Waals surface area (Å²) in [4.78, 5) is 15.3. The zero-order valence-corrected chi connectivity index (χ0v) is 18.0. The molecule has 0 N–H and O–H groups in total. The van der Waals surface area contributed by atoms with Crippen LogP contribution in [-0.2, 0) is 11.3 Å². The largest absolute Gasteiger partial charge is 0.395 e. The Kier molecular flexibility index (Phi) is 7.65. The van der Waals surface area contributed by atoms with Crippen molar-refractivity contribution in [1.29, 1.82) is 0 Å². The Bertz CT molecular complexity index is 1030. The molecule has 3 rings (SSSR count). The summed E-state index contributed by atoms with van der Waals surface area (Å²) in [6.07, 6.45) is 1.44. The van der Waals surface area contributed by atoms with E-state index in [0.29, 0.717) is 35.4 Å². The number of likely N-dealkylation sites (N-methyl/N-ethyl adjacent to an activating group) is 1. The first kappa shape index (κ1) is 23.5. The molecular formula is C27H26F3NO. The molecule has 1 atom stereocenters. The smallest absolute Gasteiger partial charge is 0.298 e. The average Bonchev–Trinajstić information content (AvgIpc) is 2.78. The van der Waals surface area contributed by atoms with Crippen molar-refractivity contribution in [3.05, 3.63) is 114 Å². The monoisotopic (exact) mass is 437 g/mol. The van der Waals surface area contributed by atoms with E-state index in [1.54, 1.807) is 30.3 Å². The van der Waals surface area contributed by atoms with Gasteiger partial charge in [0.2, 0.25) is 0 Å². The fourth-order valence-electron chi connectivity index (χ4n) is 3.63. The van der Waals surface area contributed by atoms with Crippen molar-refractivity contribution in [2.75, 3.05) is 13.6 Å². The van der Waals surface area contributed by atoms with Crippen molar-refractivity contribution in [3.63, 3.8) is 0 Å². The molecule has 2 aromatic rings. The number of allylic oxidation sites excluding steroid dienone is 6. The highest BCUT2D eigenvalue weighted by molar-refractivity contribution is 6.29. The third kappa shape index (κ3) is 6.41. The molecule has 0 bridgehead atoms. The maximum Gasteiger partial charge on any atom is 0.395 e. The quantitative estimate of drug-likeness (QED) is 0.446. The number of nitrogens with zero attached hydrogens (tertiary/aromatic N) is 1. The summed E-state index contributed by atoms with van der Waals surface area (Å²) in [6, 6.07) is 18.9. The molecule has 0 unspecified atom stereocenters. The van der Waals surface area contributed by atoms with Gasteiger partial charge < -0.3 is 0 Å². The third-order valence-electron chi connectivity index (χ3n) is 5.23. The van der Waals surface area contributed by atoms with E-state index in [1.807, 2.05) is 48.3 Å². The van der Waals surface area contributed by atoms with Crippen molar-refractivity contribution >= 4 is 11.4 Å². The molecule has 1 aliphatic carbocycles. The van der Waals surface area contributed by atoms with Crippen LogP contribution in [-0.4, -0.2) is 30.5 Å². The number of halogens is 3. The van der Waals surface area contributed by atoms with E-state index in [1.165, 1.54) is 18.2 Å². The minimum atomic E-state index is -4.31. The molecule has 1 aliphatic rings. The number of carbonyl (C=O) groups is 1. The first-order chi connectivity index (χ1) is 15.2. The van der Waals surface area contributed by atoms with E-state index in [0.717, 1.165) is 5.56 Å². The second kappa shape index (κ2) is 10.4. The maximum absolute atomic E-state index is 13.3. The van der Waals surface area contributed by atoms with Gasteiger partial charge in [0.05, 0.1) is 5.92 Å². The Morgan fingerprint density at radius 1 is 1.09 bits per heavy atom. The lowest BCUT2D eigenvalue weighted by Gasteiger charge is -2.20. The fourth-order valence-corrected chi connectivity index (χ4v) is 3.63. The summed E-state index contributed by atoms with van der Waals surface area (Å²) in [5.41, 5.74) is 2.85. The highest BCUT2D eigenvalue weighted by atomic mass is 19.4. The molecule has 166 valence electrons. The maximum atomic E-state index is 13.3. The van der Waals surface area contributed by atoms with E-state index in [-0.39, 0.29) is 12.2 Å². The molecule has 2 aromatic carbocycles. The number of hydrogen-bond acceptors (Lipinski definition) is 2. The summed E-state index contributed by atoms with van der Waals surface area (Å²) >= 11 is 0. The van der Waals surface area contributed by atoms with Crippen molar-refractivity contribution in [2.45, 2.75) is 19.1 Å². The Morgan fingerprint density at radius 3 is 2.34 bits per heavy atom. The number of ketones is 1. The Labute approximate surface area is 187 Å². The SMILES string of the molecule is C=C(CN(C)Cc1ccccc1)C(=O)/C(=C\C1=C[C@H](C(F)(F)F)CC=C1)c1ccccc1. The van der Waals surface area contributed by atoms with Crippen LogP contribution < -0.4 is 0 Å². The average molecular weight is 438 g/mol. The summed E-state index contributed by atoms with van der Waals surface area (Å²) in [5.74, 6) is -1.83. The van der Waals surface area contributed by atoms with Crippen LogP contribution in [0.4, 0.5) is 13.2 Å². The summed E-state index contributed by atoms with van der Waals surface area (Å²) in [5, 5.41) is 0. The van der Waals surface area contributed by atoms with Crippen molar-refractivity contribution in [1.82, 2.24) is 4.90 Å². The van der Waals surface area contributed by atoms with Gasteiger partial charge in [0.15, 0.2) is 5.78 Å². The molecule has 0 heterocycles. The summed E-state index contributed by atoms with van der Waals surface area (Å²) < 4.78 is 39.6. The fraction of sp³-hybridized carbons (Fsp3) is 0.222. The molecule has 0 aromatic heterocycles. The van der Waals surface area contributed by atoms with Gasteiger partial charge in [-0.25, -0.2) is 0 Å². The molecule has 0 saturated carbocycles. The van der Waals surface area contributed by atoms with Crippen LogP contribution in [0.2, 0.25) is 0 Å². The lowest BCUT2D eigenvalue weighted by atomic mass is 9.91. The molecular weight excluding hydrogens is 411 g/mol. The molecule has 0 aliphatic heterocycles. The van der Waals surface area contributed by atoms with Gasteiger partial charge in [-0.15, -0.1) is 0 Å². The molecule has 32 heavy (non-hydrogen) atoms. The van der Waals surface area contributed by atoms with E-state index >= 15 is 0 Å². The lowest BCUT2D eigenvalue weighted by molar-refractivity contribution is -0.160. The topological polar surface area (TPSA) is 20.3 Å². The number of carbonyl (C=O) groups excluding carboxylic acids is 1. The van der Waals surface area contributed by atoms with Gasteiger partial charge in [-0.05, 0) is 36.2 Å². The van der Waals surface area contributed by atoms with Crippen LogP contribution in [0.15, 0.2) is 103 Å². The summed E-state index contributed by atoms with van der Waals surface area (Å²) in [6.45, 7) is 4.98. The van der Waals surface area contributed by atoms with E-state index in [4.69, 9.17) is 0 Å². The van der Waals surface area contributed by atoms with E-state index < -0.39 is 12.1 Å². The molecule has 0 radical (unpaired) electrons. The van der Waals surface area contributed by atoms with Crippen molar-refractivity contribution < 1.29 is 18.0 Å². The number of hydrogen-bond donors (Lipinski definition) is 0. The predicted molar refractivity (Wildman–Crippen MR) is 123 cm³/mol. The second-order valence-electron chi connectivity index (χ2n) is 7.97. The van der Waals surface area contributed by atoms with Crippen LogP contribution in [0.3, 0.4) is 0 Å². The van der Waals surface area contributed by atoms with Crippen LogP contribution in [0.25, 0.3) is 5.57 Å². The minimum absolute atomic E-state index is 0.0908. The van der Waals surface area contributed by atoms with Gasteiger partial charge in [-0.3, -0.25) is 9.69 Å². The standard InChI is InChI=1S/C27H26F3NO/c1-20(18-31(2)19-21-10-5-3-6-11-21)26(32)25(23-13-7-4-8-14-23)17-22-12-9-15-24(16-22)27(28,29)30/h3-14,16-17,24H,1,15,18-19H2,2H3/b25-17-/t24-/m1/s1. The molecule has 0 amide bonds. The van der Waals surface area contributed by atoms with Gasteiger partial charge in [0.1, 0.15) is 0 Å². The minimum Gasteiger partial charge on any atom is -0.298 e. The molecule has 0 spiro atoms. The van der Waals surface area contributed by atoms with Crippen LogP contribution in [0, 0.1) is 5.92 Å². The summed E-state index contributed by atoms with van der Waals surface area (Å²) in [7, 11) is 1.90. The Hall–Kier alpha value is -3.18. The highest BCUT2D eigenvalue weighted by Gasteiger charge is 2.38. The molecule has 2 nitrogen and oxygen atoms in total. The molecule has 5 heteroatoms. The second-order valence-corrected chi connectivity index (χ2v) is 7.97. The van der Waals surface area contributed by atoms with E-state index in [9.17, 15) is 18.0 Å². The van der Waals surface area contributed by atoms with Crippen LogP contribution in [0.5, 0.6) is 0 Å². The molecule has 0 saturated heterocycles. The Balaban J connectivity index is 1.83. The van der Waals surface area contributed by atoms with Crippen molar-refractivity contribution in [3.8, 4) is 0 Å². The number of rotatable bonds is 8. The van der Waals surface area contributed by atoms with Crippen LogP contribution in [0.1, 0.15) is 17.5 Å². The first-order valence-corrected chi connectivity index (χ1v) is 10.4. The Morgan fingerprint density at radius 2 is 1.72 bits per heavy atom. The van der Waals surface area contributed by atoms with Gasteiger partial charge in [0.25, 0.3) is 0 Å². The van der Waals surface area contributed by atoms with Crippen molar-refractivity contribution in [2.24, 2.45) is 5.92 Å². The zero-order chi connectivity index (χ0) is 23.1. The lowest BCUT2D eigenvalue weighted by Crippen LogP contribution is -2.24. The zero-order valence-electron chi connectivity index (χ0n) is 18.0. The number of benzene rings is 2. The molecule has 0 fully saturated rings.